The molecule has 0 aliphatic rings. The Bertz CT molecular complexity index is 939. The summed E-state index contributed by atoms with van der Waals surface area (Å²) in [5, 5.41) is 4.16. The molecule has 0 fully saturated rings. The van der Waals surface area contributed by atoms with Crippen molar-refractivity contribution in [1.29, 1.82) is 0 Å². The molecule has 5 nitrogen and oxygen atoms in total. The third-order valence-corrected chi connectivity index (χ3v) is 3.76. The normalized spacial score (nSPS) is 10.9. The summed E-state index contributed by atoms with van der Waals surface area (Å²) in [6.07, 6.45) is 3.34. The van der Waals surface area contributed by atoms with Crippen LogP contribution in [0, 0.1) is 0 Å². The average Bonchev–Trinajstić information content (AvgIpc) is 3.14. The summed E-state index contributed by atoms with van der Waals surface area (Å²) in [6.45, 7) is 0. The maximum absolute atomic E-state index is 5.94. The monoisotopic (exact) mass is 340 g/mol. The Kier molecular flexibility index (Phi) is 4.52. The molecule has 4 aromatic rings. The zero-order valence-corrected chi connectivity index (χ0v) is 13.9. The van der Waals surface area contributed by atoms with Crippen molar-refractivity contribution in [1.82, 2.24) is 9.97 Å². The smallest absolute Gasteiger partial charge is 0.316 e. The summed E-state index contributed by atoms with van der Waals surface area (Å²) in [5.41, 5.74) is 6.31. The number of oxazole rings is 1. The first kappa shape index (κ1) is 15.8. The molecular formula is C21H16N4O. The first-order valence-electron chi connectivity index (χ1n) is 8.22. The molecule has 5 heteroatoms. The zero-order valence-electron chi connectivity index (χ0n) is 13.9. The molecule has 0 amide bonds. The van der Waals surface area contributed by atoms with Crippen molar-refractivity contribution in [3.8, 4) is 22.6 Å². The lowest BCUT2D eigenvalue weighted by atomic mass is 10.1. The number of benzene rings is 2. The summed E-state index contributed by atoms with van der Waals surface area (Å²) in [7, 11) is 0. The van der Waals surface area contributed by atoms with E-state index >= 15 is 0 Å². The van der Waals surface area contributed by atoms with Crippen molar-refractivity contribution in [3.05, 3.63) is 90.8 Å². The van der Waals surface area contributed by atoms with E-state index in [-0.39, 0.29) is 0 Å². The van der Waals surface area contributed by atoms with Gasteiger partial charge in [-0.1, -0.05) is 66.7 Å². The molecule has 26 heavy (non-hydrogen) atoms. The van der Waals surface area contributed by atoms with Gasteiger partial charge in [-0.05, 0) is 12.1 Å². The Hall–Kier alpha value is -3.73. The molecule has 0 saturated carbocycles. The van der Waals surface area contributed by atoms with Crippen molar-refractivity contribution < 1.29 is 4.42 Å². The molecule has 126 valence electrons. The van der Waals surface area contributed by atoms with Crippen molar-refractivity contribution in [2.24, 2.45) is 5.10 Å². The zero-order chi connectivity index (χ0) is 17.6. The van der Waals surface area contributed by atoms with Crippen LogP contribution in [0.2, 0.25) is 0 Å². The fourth-order valence-electron chi connectivity index (χ4n) is 2.55. The van der Waals surface area contributed by atoms with Crippen LogP contribution in [0.25, 0.3) is 22.6 Å². The lowest BCUT2D eigenvalue weighted by Gasteiger charge is -2.00. The maximum Gasteiger partial charge on any atom is 0.316 e. The highest BCUT2D eigenvalue weighted by molar-refractivity contribution is 5.79. The predicted molar refractivity (Wildman–Crippen MR) is 103 cm³/mol. The minimum absolute atomic E-state index is 0.329. The Labute approximate surface area is 151 Å². The molecule has 2 aromatic carbocycles. The fourth-order valence-corrected chi connectivity index (χ4v) is 2.55. The van der Waals surface area contributed by atoms with Crippen molar-refractivity contribution in [2.75, 3.05) is 5.43 Å². The van der Waals surface area contributed by atoms with E-state index in [0.717, 1.165) is 22.5 Å². The number of anilines is 1. The number of hydrogen-bond donors (Lipinski definition) is 1. The number of aromatic nitrogens is 2. The van der Waals surface area contributed by atoms with E-state index in [4.69, 9.17) is 4.42 Å². The van der Waals surface area contributed by atoms with E-state index < -0.39 is 0 Å². The Morgan fingerprint density at radius 1 is 0.808 bits per heavy atom. The summed E-state index contributed by atoms with van der Waals surface area (Å²) >= 11 is 0. The van der Waals surface area contributed by atoms with Gasteiger partial charge in [-0.2, -0.15) is 10.1 Å². The van der Waals surface area contributed by atoms with Crippen molar-refractivity contribution >= 4 is 12.2 Å². The minimum Gasteiger partial charge on any atom is -0.422 e. The van der Waals surface area contributed by atoms with Gasteiger partial charge >= 0.3 is 6.01 Å². The molecule has 1 N–H and O–H groups in total. The highest BCUT2D eigenvalue weighted by atomic mass is 16.4. The second kappa shape index (κ2) is 7.44. The van der Waals surface area contributed by atoms with Gasteiger partial charge < -0.3 is 4.42 Å². The number of nitrogens with zero attached hydrogens (tertiary/aromatic N) is 3. The largest absolute Gasteiger partial charge is 0.422 e. The highest BCUT2D eigenvalue weighted by Crippen LogP contribution is 2.34. The van der Waals surface area contributed by atoms with Crippen LogP contribution in [0.4, 0.5) is 6.01 Å². The molecule has 0 radical (unpaired) electrons. The number of pyridine rings is 1. The average molecular weight is 340 g/mol. The lowest BCUT2D eigenvalue weighted by molar-refractivity contribution is 0.587. The van der Waals surface area contributed by atoms with Crippen molar-refractivity contribution in [2.45, 2.75) is 0 Å². The van der Waals surface area contributed by atoms with Gasteiger partial charge in [-0.15, -0.1) is 0 Å². The molecule has 0 aliphatic carbocycles. The van der Waals surface area contributed by atoms with E-state index in [0.29, 0.717) is 11.8 Å². The maximum atomic E-state index is 5.94. The van der Waals surface area contributed by atoms with E-state index in [2.05, 4.69) is 20.5 Å². The first-order valence-corrected chi connectivity index (χ1v) is 8.22. The molecule has 2 aromatic heterocycles. The quantitative estimate of drug-likeness (QED) is 0.417. The van der Waals surface area contributed by atoms with E-state index in [1.165, 1.54) is 0 Å². The molecule has 0 unspecified atom stereocenters. The summed E-state index contributed by atoms with van der Waals surface area (Å²) in [5.74, 6) is 0.701. The topological polar surface area (TPSA) is 63.3 Å². The molecule has 2 heterocycles. The van der Waals surface area contributed by atoms with Crippen LogP contribution in [0.3, 0.4) is 0 Å². The molecule has 0 aliphatic heterocycles. The third-order valence-electron chi connectivity index (χ3n) is 3.76. The SMILES string of the molecule is C(=N\Nc1nc(-c2ccccc2)c(-c2ccccc2)o1)/c1ccccn1. The number of hydrogen-bond acceptors (Lipinski definition) is 5. The van der Waals surface area contributed by atoms with Gasteiger partial charge in [-0.3, -0.25) is 4.98 Å². The first-order chi connectivity index (χ1) is 12.9. The van der Waals surface area contributed by atoms with Crippen LogP contribution in [0.5, 0.6) is 0 Å². The third kappa shape index (κ3) is 3.52. The van der Waals surface area contributed by atoms with Crippen LogP contribution < -0.4 is 5.43 Å². The number of hydrazone groups is 1. The fraction of sp³-hybridized carbons (Fsp3) is 0. The summed E-state index contributed by atoms with van der Waals surface area (Å²) < 4.78 is 5.94. The van der Waals surface area contributed by atoms with Crippen LogP contribution in [0.15, 0.2) is 94.6 Å². The molecule has 0 spiro atoms. The minimum atomic E-state index is 0.329. The van der Waals surface area contributed by atoms with Crippen molar-refractivity contribution in [3.63, 3.8) is 0 Å². The Morgan fingerprint density at radius 2 is 1.50 bits per heavy atom. The standard InChI is InChI=1S/C21H16N4O/c1-3-9-16(10-4-1)19-20(17-11-5-2-6-12-17)26-21(24-19)25-23-15-18-13-7-8-14-22-18/h1-15H,(H,24,25)/b23-15+. The van der Waals surface area contributed by atoms with Crippen LogP contribution >= 0.6 is 0 Å². The van der Waals surface area contributed by atoms with Gasteiger partial charge in [-0.25, -0.2) is 5.43 Å². The number of rotatable bonds is 5. The predicted octanol–water partition coefficient (Wildman–Crippen LogP) is 4.85. The summed E-state index contributed by atoms with van der Waals surface area (Å²) in [6, 6.07) is 25.8. The highest BCUT2D eigenvalue weighted by Gasteiger charge is 2.16. The van der Waals surface area contributed by atoms with Crippen LogP contribution in [-0.2, 0) is 0 Å². The van der Waals surface area contributed by atoms with Gasteiger partial charge in [0.05, 0.1) is 11.9 Å². The number of nitrogens with one attached hydrogen (secondary N) is 1. The summed E-state index contributed by atoms with van der Waals surface area (Å²) in [4.78, 5) is 8.76. The molecular weight excluding hydrogens is 324 g/mol. The second-order valence-electron chi connectivity index (χ2n) is 5.55. The second-order valence-corrected chi connectivity index (χ2v) is 5.55. The molecule has 0 atom stereocenters. The molecule has 4 rings (SSSR count). The van der Waals surface area contributed by atoms with Gasteiger partial charge in [0.1, 0.15) is 5.69 Å². The van der Waals surface area contributed by atoms with E-state index in [9.17, 15) is 0 Å². The van der Waals surface area contributed by atoms with Gasteiger partial charge in [0.15, 0.2) is 5.76 Å². The van der Waals surface area contributed by atoms with E-state index in [1.54, 1.807) is 12.4 Å². The van der Waals surface area contributed by atoms with Gasteiger partial charge in [0.2, 0.25) is 0 Å². The molecule has 0 saturated heterocycles. The Morgan fingerprint density at radius 3 is 2.19 bits per heavy atom. The van der Waals surface area contributed by atoms with Gasteiger partial charge in [0.25, 0.3) is 0 Å². The van der Waals surface area contributed by atoms with E-state index in [1.807, 2.05) is 78.9 Å². The molecule has 0 bridgehead atoms. The van der Waals surface area contributed by atoms with Crippen LogP contribution in [-0.4, -0.2) is 16.2 Å². The van der Waals surface area contributed by atoms with Crippen LogP contribution in [0.1, 0.15) is 5.69 Å². The van der Waals surface area contributed by atoms with Gasteiger partial charge in [0, 0.05) is 17.3 Å². The Balaban J connectivity index is 1.66. The lowest BCUT2D eigenvalue weighted by Crippen LogP contribution is -1.92.